The number of esters is 1. The third-order valence-corrected chi connectivity index (χ3v) is 4.09. The van der Waals surface area contributed by atoms with E-state index >= 15 is 0 Å². The fraction of sp³-hybridized carbons (Fsp3) is 0.375. The molecule has 1 aromatic heterocycles. The fourth-order valence-electron chi connectivity index (χ4n) is 2.04. The Balaban J connectivity index is 1.83. The quantitative estimate of drug-likeness (QED) is 0.737. The fourth-order valence-corrected chi connectivity index (χ4v) is 2.86. The number of methoxy groups -OCH3 is 1. The SMILES string of the molecule is COC(=O)CCCN(C)Cc1csc(-c2ccccc2)n1. The Labute approximate surface area is 129 Å². The lowest BCUT2D eigenvalue weighted by atomic mass is 10.2. The van der Waals surface area contributed by atoms with E-state index in [9.17, 15) is 4.79 Å². The molecule has 1 aromatic carbocycles. The maximum atomic E-state index is 11.1. The van der Waals surface area contributed by atoms with Crippen molar-refractivity contribution >= 4 is 17.3 Å². The van der Waals surface area contributed by atoms with Crippen LogP contribution in [-0.4, -0.2) is 36.6 Å². The lowest BCUT2D eigenvalue weighted by Crippen LogP contribution is -2.20. The van der Waals surface area contributed by atoms with Gasteiger partial charge < -0.3 is 9.64 Å². The van der Waals surface area contributed by atoms with Crippen molar-refractivity contribution in [1.29, 1.82) is 0 Å². The molecule has 0 fully saturated rings. The third kappa shape index (κ3) is 4.95. The van der Waals surface area contributed by atoms with Crippen LogP contribution >= 0.6 is 11.3 Å². The minimum atomic E-state index is -0.150. The molecule has 0 spiro atoms. The van der Waals surface area contributed by atoms with Crippen molar-refractivity contribution in [1.82, 2.24) is 9.88 Å². The van der Waals surface area contributed by atoms with Gasteiger partial charge in [0, 0.05) is 23.9 Å². The summed E-state index contributed by atoms with van der Waals surface area (Å²) >= 11 is 1.67. The number of hydrogen-bond donors (Lipinski definition) is 0. The highest BCUT2D eigenvalue weighted by Crippen LogP contribution is 2.23. The van der Waals surface area contributed by atoms with Crippen LogP contribution in [0.15, 0.2) is 35.7 Å². The predicted octanol–water partition coefficient (Wildman–Crippen LogP) is 3.20. The van der Waals surface area contributed by atoms with Crippen molar-refractivity contribution in [3.8, 4) is 10.6 Å². The van der Waals surface area contributed by atoms with Crippen LogP contribution < -0.4 is 0 Å². The van der Waals surface area contributed by atoms with E-state index in [1.807, 2.05) is 25.2 Å². The molecule has 0 saturated heterocycles. The summed E-state index contributed by atoms with van der Waals surface area (Å²) in [4.78, 5) is 17.9. The molecule has 0 bridgehead atoms. The molecule has 0 N–H and O–H groups in total. The van der Waals surface area contributed by atoms with Gasteiger partial charge in [0.1, 0.15) is 5.01 Å². The van der Waals surface area contributed by atoms with E-state index in [-0.39, 0.29) is 5.97 Å². The standard InChI is InChI=1S/C16H20N2O2S/c1-18(10-6-9-15(19)20-2)11-14-12-21-16(17-14)13-7-4-3-5-8-13/h3-5,7-8,12H,6,9-11H2,1-2H3. The van der Waals surface area contributed by atoms with Gasteiger partial charge in [-0.1, -0.05) is 30.3 Å². The van der Waals surface area contributed by atoms with Crippen molar-refractivity contribution in [2.75, 3.05) is 20.7 Å². The highest BCUT2D eigenvalue weighted by atomic mass is 32.1. The van der Waals surface area contributed by atoms with Crippen LogP contribution in [0.4, 0.5) is 0 Å². The summed E-state index contributed by atoms with van der Waals surface area (Å²) in [5, 5.41) is 3.15. The van der Waals surface area contributed by atoms with Crippen molar-refractivity contribution in [3.63, 3.8) is 0 Å². The number of aromatic nitrogens is 1. The Hall–Kier alpha value is -1.72. The second-order valence-corrected chi connectivity index (χ2v) is 5.79. The molecule has 21 heavy (non-hydrogen) atoms. The van der Waals surface area contributed by atoms with Gasteiger partial charge in [-0.05, 0) is 20.0 Å². The van der Waals surface area contributed by atoms with Crippen LogP contribution in [0.25, 0.3) is 10.6 Å². The summed E-state index contributed by atoms with van der Waals surface area (Å²) in [6, 6.07) is 10.2. The van der Waals surface area contributed by atoms with Crippen LogP contribution in [0.3, 0.4) is 0 Å². The van der Waals surface area contributed by atoms with Gasteiger partial charge in [0.2, 0.25) is 0 Å². The van der Waals surface area contributed by atoms with Crippen LogP contribution in [-0.2, 0) is 16.1 Å². The van der Waals surface area contributed by atoms with E-state index in [0.29, 0.717) is 6.42 Å². The van der Waals surface area contributed by atoms with E-state index < -0.39 is 0 Å². The number of ether oxygens (including phenoxy) is 1. The largest absolute Gasteiger partial charge is 0.469 e. The number of carbonyl (C=O) groups excluding carboxylic acids is 1. The lowest BCUT2D eigenvalue weighted by molar-refractivity contribution is -0.140. The molecule has 1 heterocycles. The van der Waals surface area contributed by atoms with Crippen molar-refractivity contribution in [2.45, 2.75) is 19.4 Å². The zero-order valence-electron chi connectivity index (χ0n) is 12.4. The molecule has 0 amide bonds. The summed E-state index contributed by atoms with van der Waals surface area (Å²) in [6.45, 7) is 1.65. The molecule has 4 nitrogen and oxygen atoms in total. The molecular weight excluding hydrogens is 284 g/mol. The molecule has 2 rings (SSSR count). The van der Waals surface area contributed by atoms with E-state index in [0.717, 1.165) is 35.8 Å². The Morgan fingerprint density at radius 3 is 2.81 bits per heavy atom. The van der Waals surface area contributed by atoms with E-state index in [1.54, 1.807) is 11.3 Å². The molecule has 0 radical (unpaired) electrons. The monoisotopic (exact) mass is 304 g/mol. The average Bonchev–Trinajstić information content (AvgIpc) is 2.96. The average molecular weight is 304 g/mol. The van der Waals surface area contributed by atoms with Gasteiger partial charge in [0.15, 0.2) is 0 Å². The van der Waals surface area contributed by atoms with Gasteiger partial charge in [-0.2, -0.15) is 0 Å². The molecule has 0 unspecified atom stereocenters. The number of benzene rings is 1. The Morgan fingerprint density at radius 1 is 1.33 bits per heavy atom. The van der Waals surface area contributed by atoms with E-state index in [4.69, 9.17) is 0 Å². The molecule has 0 aliphatic heterocycles. The number of nitrogens with zero attached hydrogens (tertiary/aromatic N) is 2. The van der Waals surface area contributed by atoms with Gasteiger partial charge in [-0.3, -0.25) is 4.79 Å². The highest BCUT2D eigenvalue weighted by molar-refractivity contribution is 7.13. The van der Waals surface area contributed by atoms with E-state index in [1.165, 1.54) is 7.11 Å². The molecule has 0 aliphatic rings. The minimum absolute atomic E-state index is 0.150. The van der Waals surface area contributed by atoms with Crippen molar-refractivity contribution in [3.05, 3.63) is 41.4 Å². The molecule has 112 valence electrons. The first-order valence-corrected chi connectivity index (χ1v) is 7.82. The smallest absolute Gasteiger partial charge is 0.305 e. The number of hydrogen-bond acceptors (Lipinski definition) is 5. The molecule has 0 atom stereocenters. The zero-order valence-corrected chi connectivity index (χ0v) is 13.2. The second kappa shape index (κ2) is 7.90. The summed E-state index contributed by atoms with van der Waals surface area (Å²) in [5.41, 5.74) is 2.22. The van der Waals surface area contributed by atoms with Crippen molar-refractivity contribution < 1.29 is 9.53 Å². The molecule has 0 aliphatic carbocycles. The topological polar surface area (TPSA) is 42.4 Å². The third-order valence-electron chi connectivity index (χ3n) is 3.15. The first-order chi connectivity index (χ1) is 10.2. The summed E-state index contributed by atoms with van der Waals surface area (Å²) < 4.78 is 4.63. The van der Waals surface area contributed by atoms with Gasteiger partial charge >= 0.3 is 5.97 Å². The molecule has 2 aromatic rings. The first-order valence-electron chi connectivity index (χ1n) is 6.94. The Morgan fingerprint density at radius 2 is 2.10 bits per heavy atom. The van der Waals surface area contributed by atoms with Crippen LogP contribution in [0, 0.1) is 0 Å². The number of thiazole rings is 1. The number of rotatable bonds is 7. The molecular formula is C16H20N2O2S. The maximum Gasteiger partial charge on any atom is 0.305 e. The zero-order chi connectivity index (χ0) is 15.1. The second-order valence-electron chi connectivity index (χ2n) is 4.93. The minimum Gasteiger partial charge on any atom is -0.469 e. The Kier molecular flexibility index (Phi) is 5.90. The lowest BCUT2D eigenvalue weighted by Gasteiger charge is -2.14. The van der Waals surface area contributed by atoms with E-state index in [2.05, 4.69) is 32.1 Å². The van der Waals surface area contributed by atoms with Crippen LogP contribution in [0.5, 0.6) is 0 Å². The number of carbonyl (C=O) groups is 1. The van der Waals surface area contributed by atoms with Gasteiger partial charge in [-0.25, -0.2) is 4.98 Å². The molecule has 5 heteroatoms. The van der Waals surface area contributed by atoms with Gasteiger partial charge in [-0.15, -0.1) is 11.3 Å². The summed E-state index contributed by atoms with van der Waals surface area (Å²) in [5.74, 6) is -0.150. The summed E-state index contributed by atoms with van der Waals surface area (Å²) in [7, 11) is 3.46. The maximum absolute atomic E-state index is 11.1. The summed E-state index contributed by atoms with van der Waals surface area (Å²) in [6.07, 6.45) is 1.27. The van der Waals surface area contributed by atoms with Crippen LogP contribution in [0.2, 0.25) is 0 Å². The Bertz CT molecular complexity index is 569. The predicted molar refractivity (Wildman–Crippen MR) is 85.1 cm³/mol. The van der Waals surface area contributed by atoms with Gasteiger partial charge in [0.25, 0.3) is 0 Å². The molecule has 0 saturated carbocycles. The van der Waals surface area contributed by atoms with Crippen molar-refractivity contribution in [2.24, 2.45) is 0 Å². The normalized spacial score (nSPS) is 10.8. The van der Waals surface area contributed by atoms with Gasteiger partial charge in [0.05, 0.1) is 12.8 Å². The highest BCUT2D eigenvalue weighted by Gasteiger charge is 2.08. The van der Waals surface area contributed by atoms with Crippen LogP contribution in [0.1, 0.15) is 18.5 Å². The first kappa shape index (κ1) is 15.7.